The van der Waals surface area contributed by atoms with E-state index in [2.05, 4.69) is 34.0 Å². The van der Waals surface area contributed by atoms with Gasteiger partial charge in [-0.1, -0.05) is 0 Å². The van der Waals surface area contributed by atoms with Crippen molar-refractivity contribution in [3.8, 4) is 0 Å². The van der Waals surface area contributed by atoms with Crippen molar-refractivity contribution in [2.24, 2.45) is 4.99 Å². The summed E-state index contributed by atoms with van der Waals surface area (Å²) in [7, 11) is 0. The van der Waals surface area contributed by atoms with Crippen molar-refractivity contribution < 1.29 is 5.11 Å². The lowest BCUT2D eigenvalue weighted by Gasteiger charge is -2.20. The number of rotatable bonds is 4. The van der Waals surface area contributed by atoms with Crippen LogP contribution < -0.4 is 5.32 Å². The van der Waals surface area contributed by atoms with Gasteiger partial charge >= 0.3 is 0 Å². The van der Waals surface area contributed by atoms with Gasteiger partial charge in [0.15, 0.2) is 5.96 Å². The lowest BCUT2D eigenvalue weighted by atomic mass is 10.3. The molecule has 0 amide bonds. The Labute approximate surface area is 147 Å². The van der Waals surface area contributed by atoms with E-state index >= 15 is 0 Å². The molecule has 0 saturated carbocycles. The molecule has 120 valence electrons. The van der Waals surface area contributed by atoms with Crippen LogP contribution in [0.25, 0.3) is 0 Å². The number of aryl methyl sites for hydroxylation is 2. The van der Waals surface area contributed by atoms with Crippen LogP contribution >= 0.6 is 35.3 Å². The second kappa shape index (κ2) is 8.89. The summed E-state index contributed by atoms with van der Waals surface area (Å²) in [6, 6.07) is 0. The number of aliphatic imine (C=N–C) groups is 1. The molecule has 0 spiro atoms. The van der Waals surface area contributed by atoms with Gasteiger partial charge in [0.25, 0.3) is 0 Å². The molecule has 7 heteroatoms. The van der Waals surface area contributed by atoms with Crippen molar-refractivity contribution in [3.05, 3.63) is 15.6 Å². The molecule has 1 aromatic heterocycles. The quantitative estimate of drug-likeness (QED) is 0.441. The van der Waals surface area contributed by atoms with Gasteiger partial charge in [0.05, 0.1) is 16.8 Å². The van der Waals surface area contributed by atoms with Gasteiger partial charge in [-0.2, -0.15) is 0 Å². The van der Waals surface area contributed by atoms with Crippen LogP contribution in [0.1, 0.15) is 28.9 Å². The molecule has 0 aliphatic carbocycles. The minimum Gasteiger partial charge on any atom is -0.391 e. The Morgan fingerprint density at radius 2 is 2.29 bits per heavy atom. The molecule has 0 radical (unpaired) electrons. The van der Waals surface area contributed by atoms with Crippen LogP contribution in [0.15, 0.2) is 4.99 Å². The van der Waals surface area contributed by atoms with Crippen molar-refractivity contribution in [1.29, 1.82) is 0 Å². The topological polar surface area (TPSA) is 60.8 Å². The molecule has 21 heavy (non-hydrogen) atoms. The maximum absolute atomic E-state index is 9.63. The number of hydrogen-bond acceptors (Lipinski definition) is 4. The summed E-state index contributed by atoms with van der Waals surface area (Å²) < 4.78 is 0. The van der Waals surface area contributed by atoms with Crippen LogP contribution in [0.4, 0.5) is 0 Å². The Morgan fingerprint density at radius 1 is 1.52 bits per heavy atom. The molecule has 5 nitrogen and oxygen atoms in total. The maximum atomic E-state index is 9.63. The number of thiazole rings is 1. The van der Waals surface area contributed by atoms with Crippen LogP contribution in [-0.2, 0) is 6.42 Å². The Morgan fingerprint density at radius 3 is 2.81 bits per heavy atom. The summed E-state index contributed by atoms with van der Waals surface area (Å²) in [5.74, 6) is 0.919. The van der Waals surface area contributed by atoms with Crippen molar-refractivity contribution in [1.82, 2.24) is 15.2 Å². The molecule has 1 aliphatic rings. The SMILES string of the molecule is CCNC(=NCCc1sc(C)nc1C)N1CC[C@@H](O)C1.I. The van der Waals surface area contributed by atoms with Gasteiger partial charge in [-0.15, -0.1) is 35.3 Å². The van der Waals surface area contributed by atoms with Crippen LogP contribution in [0, 0.1) is 13.8 Å². The Kier molecular flexibility index (Phi) is 7.89. The average molecular weight is 424 g/mol. The lowest BCUT2D eigenvalue weighted by Crippen LogP contribution is -2.40. The fourth-order valence-electron chi connectivity index (χ4n) is 2.43. The highest BCUT2D eigenvalue weighted by molar-refractivity contribution is 14.0. The number of aliphatic hydroxyl groups is 1. The van der Waals surface area contributed by atoms with Crippen molar-refractivity contribution >= 4 is 41.3 Å². The van der Waals surface area contributed by atoms with Crippen LogP contribution in [0.2, 0.25) is 0 Å². The van der Waals surface area contributed by atoms with Gasteiger partial charge in [0.2, 0.25) is 0 Å². The summed E-state index contributed by atoms with van der Waals surface area (Å²) in [6.45, 7) is 9.35. The minimum absolute atomic E-state index is 0. The smallest absolute Gasteiger partial charge is 0.194 e. The van der Waals surface area contributed by atoms with Crippen molar-refractivity contribution in [3.63, 3.8) is 0 Å². The zero-order valence-electron chi connectivity index (χ0n) is 12.9. The minimum atomic E-state index is -0.217. The first-order valence-electron chi connectivity index (χ1n) is 7.24. The van der Waals surface area contributed by atoms with E-state index in [-0.39, 0.29) is 30.1 Å². The van der Waals surface area contributed by atoms with Crippen LogP contribution in [0.5, 0.6) is 0 Å². The number of likely N-dealkylation sites (tertiary alicyclic amines) is 1. The van der Waals surface area contributed by atoms with Gasteiger partial charge in [-0.25, -0.2) is 4.98 Å². The fraction of sp³-hybridized carbons (Fsp3) is 0.714. The van der Waals surface area contributed by atoms with Crippen LogP contribution in [-0.4, -0.2) is 53.2 Å². The second-order valence-electron chi connectivity index (χ2n) is 5.12. The largest absolute Gasteiger partial charge is 0.391 e. The summed E-state index contributed by atoms with van der Waals surface area (Å²) in [5, 5.41) is 14.1. The molecule has 1 atom stereocenters. The number of hydrogen-bond donors (Lipinski definition) is 2. The van der Waals surface area contributed by atoms with Gasteiger partial charge in [0, 0.05) is 37.5 Å². The molecule has 1 saturated heterocycles. The lowest BCUT2D eigenvalue weighted by molar-refractivity contribution is 0.188. The molecular formula is C14H25IN4OS. The molecule has 1 aliphatic heterocycles. The van der Waals surface area contributed by atoms with Crippen molar-refractivity contribution in [2.75, 3.05) is 26.2 Å². The van der Waals surface area contributed by atoms with Crippen molar-refractivity contribution in [2.45, 2.75) is 39.7 Å². The number of nitrogens with one attached hydrogen (secondary N) is 1. The zero-order chi connectivity index (χ0) is 14.5. The highest BCUT2D eigenvalue weighted by Crippen LogP contribution is 2.17. The summed E-state index contributed by atoms with van der Waals surface area (Å²) in [5.41, 5.74) is 1.13. The van der Waals surface area contributed by atoms with E-state index in [1.807, 2.05) is 6.92 Å². The molecule has 2 heterocycles. The van der Waals surface area contributed by atoms with E-state index in [9.17, 15) is 5.11 Å². The van der Waals surface area contributed by atoms with Gasteiger partial charge < -0.3 is 15.3 Å². The first kappa shape index (κ1) is 18.6. The summed E-state index contributed by atoms with van der Waals surface area (Å²) in [4.78, 5) is 12.6. The van der Waals surface area contributed by atoms with E-state index in [4.69, 9.17) is 0 Å². The Balaban J connectivity index is 0.00000220. The summed E-state index contributed by atoms with van der Waals surface area (Å²) in [6.07, 6.45) is 1.55. The number of β-amino-alcohol motifs (C(OH)–C–C–N with tert-alkyl or cyclic N) is 1. The van der Waals surface area contributed by atoms with E-state index in [1.165, 1.54) is 4.88 Å². The normalized spacial score (nSPS) is 18.8. The summed E-state index contributed by atoms with van der Waals surface area (Å²) >= 11 is 1.76. The predicted octanol–water partition coefficient (Wildman–Crippen LogP) is 1.95. The van der Waals surface area contributed by atoms with E-state index < -0.39 is 0 Å². The first-order chi connectivity index (χ1) is 9.60. The fourth-order valence-corrected chi connectivity index (χ4v) is 3.35. The third-order valence-electron chi connectivity index (χ3n) is 3.40. The maximum Gasteiger partial charge on any atom is 0.194 e. The second-order valence-corrected chi connectivity index (χ2v) is 6.40. The monoisotopic (exact) mass is 424 g/mol. The third-order valence-corrected chi connectivity index (χ3v) is 4.53. The molecule has 0 bridgehead atoms. The number of aromatic nitrogens is 1. The highest BCUT2D eigenvalue weighted by Gasteiger charge is 2.22. The molecule has 1 fully saturated rings. The standard InChI is InChI=1S/C14H24N4OS.HI/c1-4-15-14(18-8-6-12(19)9-18)16-7-5-13-10(2)17-11(3)20-13;/h12,19H,4-9H2,1-3H3,(H,15,16);1H/t12-;/m1./s1. The number of guanidine groups is 1. The van der Waals surface area contributed by atoms with E-state index in [0.29, 0.717) is 6.54 Å². The van der Waals surface area contributed by atoms with E-state index in [0.717, 1.165) is 49.1 Å². The number of halogens is 1. The molecule has 0 aromatic carbocycles. The Bertz CT molecular complexity index is 478. The highest BCUT2D eigenvalue weighted by atomic mass is 127. The van der Waals surface area contributed by atoms with Gasteiger partial charge in [-0.3, -0.25) is 4.99 Å². The zero-order valence-corrected chi connectivity index (χ0v) is 16.1. The van der Waals surface area contributed by atoms with E-state index in [1.54, 1.807) is 11.3 Å². The Hall–Kier alpha value is -0.410. The molecule has 2 rings (SSSR count). The molecule has 2 N–H and O–H groups in total. The van der Waals surface area contributed by atoms with Gasteiger partial charge in [-0.05, 0) is 27.2 Å². The molecular weight excluding hydrogens is 399 g/mol. The molecule has 0 unspecified atom stereocenters. The van der Waals surface area contributed by atoms with Crippen LogP contribution in [0.3, 0.4) is 0 Å². The van der Waals surface area contributed by atoms with Gasteiger partial charge in [0.1, 0.15) is 0 Å². The number of nitrogens with zero attached hydrogens (tertiary/aromatic N) is 3. The average Bonchev–Trinajstić information content (AvgIpc) is 2.95. The third kappa shape index (κ3) is 5.37. The molecule has 1 aromatic rings. The number of aliphatic hydroxyl groups excluding tert-OH is 1. The first-order valence-corrected chi connectivity index (χ1v) is 8.06. The predicted molar refractivity (Wildman–Crippen MR) is 98.9 cm³/mol.